The van der Waals surface area contributed by atoms with Crippen molar-refractivity contribution in [3.63, 3.8) is 0 Å². The quantitative estimate of drug-likeness (QED) is 0.590. The Morgan fingerprint density at radius 2 is 2.14 bits per heavy atom. The minimum atomic E-state index is -3.78. The molecular formula is C15H22N2O4S. The zero-order valence-corrected chi connectivity index (χ0v) is 13.5. The summed E-state index contributed by atoms with van der Waals surface area (Å²) in [6.45, 7) is 2.14. The standard InChI is InChI=1S/C15H22N2O4S/c1-2-3-4-5-6-12-7-8-15(19)14(9-12)17-10-13(11-18)16-22(17,20)21/h7-9,11,13,16,19H,2-6,10H2,1H3. The van der Waals surface area contributed by atoms with Gasteiger partial charge in [-0.05, 0) is 30.5 Å². The van der Waals surface area contributed by atoms with Crippen LogP contribution in [0.2, 0.25) is 0 Å². The molecule has 1 saturated heterocycles. The highest BCUT2D eigenvalue weighted by molar-refractivity contribution is 7.91. The molecule has 2 rings (SSSR count). The third-order valence-electron chi connectivity index (χ3n) is 3.74. The number of phenolic OH excluding ortho intramolecular Hbond substituents is 1. The zero-order chi connectivity index (χ0) is 16.2. The Bertz CT molecular complexity index is 630. The summed E-state index contributed by atoms with van der Waals surface area (Å²) in [4.78, 5) is 10.8. The van der Waals surface area contributed by atoms with Gasteiger partial charge >= 0.3 is 10.2 Å². The average Bonchev–Trinajstić information content (AvgIpc) is 2.80. The van der Waals surface area contributed by atoms with E-state index in [1.807, 2.05) is 0 Å². The van der Waals surface area contributed by atoms with Crippen LogP contribution in [0.25, 0.3) is 0 Å². The highest BCUT2D eigenvalue weighted by Gasteiger charge is 2.36. The second-order valence-corrected chi connectivity index (χ2v) is 7.16. The maximum Gasteiger partial charge on any atom is 0.302 e. The number of carbonyl (C=O) groups excluding carboxylic acids is 1. The van der Waals surface area contributed by atoms with Crippen molar-refractivity contribution >= 4 is 22.2 Å². The van der Waals surface area contributed by atoms with E-state index >= 15 is 0 Å². The number of rotatable bonds is 7. The van der Waals surface area contributed by atoms with Crippen molar-refractivity contribution in [3.05, 3.63) is 23.8 Å². The van der Waals surface area contributed by atoms with Gasteiger partial charge in [0.15, 0.2) is 0 Å². The Morgan fingerprint density at radius 1 is 1.36 bits per heavy atom. The zero-order valence-electron chi connectivity index (χ0n) is 12.7. The van der Waals surface area contributed by atoms with Crippen molar-refractivity contribution in [2.45, 2.75) is 45.1 Å². The molecule has 0 bridgehead atoms. The average molecular weight is 326 g/mol. The summed E-state index contributed by atoms with van der Waals surface area (Å²) in [7, 11) is -3.78. The molecule has 0 amide bonds. The fourth-order valence-electron chi connectivity index (χ4n) is 2.55. The van der Waals surface area contributed by atoms with Gasteiger partial charge < -0.3 is 9.90 Å². The van der Waals surface area contributed by atoms with Crippen molar-refractivity contribution < 1.29 is 18.3 Å². The second-order valence-electron chi connectivity index (χ2n) is 5.53. The molecule has 1 fully saturated rings. The second kappa shape index (κ2) is 7.11. The minimum Gasteiger partial charge on any atom is -0.506 e. The molecule has 1 heterocycles. The lowest BCUT2D eigenvalue weighted by Crippen LogP contribution is -2.30. The first kappa shape index (κ1) is 16.8. The number of aromatic hydroxyl groups is 1. The van der Waals surface area contributed by atoms with E-state index in [4.69, 9.17) is 0 Å². The monoisotopic (exact) mass is 326 g/mol. The number of nitrogens with zero attached hydrogens (tertiary/aromatic N) is 1. The normalized spacial score (nSPS) is 20.2. The number of phenols is 1. The van der Waals surface area contributed by atoms with E-state index in [2.05, 4.69) is 11.6 Å². The van der Waals surface area contributed by atoms with Gasteiger partial charge in [-0.3, -0.25) is 4.31 Å². The summed E-state index contributed by atoms with van der Waals surface area (Å²) in [6, 6.07) is 4.22. The third kappa shape index (κ3) is 3.78. The van der Waals surface area contributed by atoms with Crippen LogP contribution in [-0.4, -0.2) is 32.4 Å². The largest absolute Gasteiger partial charge is 0.506 e. The van der Waals surface area contributed by atoms with Crippen LogP contribution in [0, 0.1) is 0 Å². The number of hydrogen-bond donors (Lipinski definition) is 2. The minimum absolute atomic E-state index is 0.00131. The molecule has 0 radical (unpaired) electrons. The molecule has 6 nitrogen and oxygen atoms in total. The van der Waals surface area contributed by atoms with Gasteiger partial charge in [-0.1, -0.05) is 32.3 Å². The molecule has 0 aliphatic carbocycles. The van der Waals surface area contributed by atoms with Gasteiger partial charge in [-0.2, -0.15) is 13.1 Å². The molecule has 1 unspecified atom stereocenters. The predicted octanol–water partition coefficient (Wildman–Crippen LogP) is 1.74. The van der Waals surface area contributed by atoms with Crippen molar-refractivity contribution in [2.24, 2.45) is 0 Å². The Morgan fingerprint density at radius 3 is 2.77 bits per heavy atom. The van der Waals surface area contributed by atoms with E-state index in [1.165, 1.54) is 12.5 Å². The molecule has 1 aromatic carbocycles. The van der Waals surface area contributed by atoms with Crippen LogP contribution in [0.5, 0.6) is 5.75 Å². The molecule has 0 saturated carbocycles. The first-order valence-corrected chi connectivity index (χ1v) is 8.99. The summed E-state index contributed by atoms with van der Waals surface area (Å²) in [5.74, 6) is -0.103. The van der Waals surface area contributed by atoms with Gasteiger partial charge in [0.25, 0.3) is 0 Å². The lowest BCUT2D eigenvalue weighted by atomic mass is 10.1. The van der Waals surface area contributed by atoms with Crippen molar-refractivity contribution in [1.29, 1.82) is 0 Å². The van der Waals surface area contributed by atoms with E-state index in [0.29, 0.717) is 6.29 Å². The summed E-state index contributed by atoms with van der Waals surface area (Å²) >= 11 is 0. The molecule has 0 spiro atoms. The SMILES string of the molecule is CCCCCCc1ccc(O)c(N2CC(C=O)NS2(=O)=O)c1. The summed E-state index contributed by atoms with van der Waals surface area (Å²) < 4.78 is 27.4. The number of hydrogen-bond acceptors (Lipinski definition) is 4. The van der Waals surface area contributed by atoms with Crippen LogP contribution in [-0.2, 0) is 21.4 Å². The maximum atomic E-state index is 12.0. The first-order chi connectivity index (χ1) is 10.5. The number of unbranched alkanes of at least 4 members (excludes halogenated alkanes) is 3. The van der Waals surface area contributed by atoms with Crippen LogP contribution >= 0.6 is 0 Å². The van der Waals surface area contributed by atoms with Crippen molar-refractivity contribution in [2.75, 3.05) is 10.8 Å². The van der Waals surface area contributed by atoms with Crippen LogP contribution in [0.3, 0.4) is 0 Å². The van der Waals surface area contributed by atoms with E-state index in [0.717, 1.165) is 35.6 Å². The number of benzene rings is 1. The van der Waals surface area contributed by atoms with E-state index in [1.54, 1.807) is 12.1 Å². The topological polar surface area (TPSA) is 86.7 Å². The van der Waals surface area contributed by atoms with E-state index < -0.39 is 16.3 Å². The lowest BCUT2D eigenvalue weighted by molar-refractivity contribution is -0.108. The van der Waals surface area contributed by atoms with E-state index in [9.17, 15) is 18.3 Å². The number of carbonyl (C=O) groups is 1. The molecule has 1 atom stereocenters. The van der Waals surface area contributed by atoms with Crippen LogP contribution in [0.4, 0.5) is 5.69 Å². The Kier molecular flexibility index (Phi) is 5.42. The maximum absolute atomic E-state index is 12.0. The fraction of sp³-hybridized carbons (Fsp3) is 0.533. The molecule has 2 N–H and O–H groups in total. The van der Waals surface area contributed by atoms with Crippen molar-refractivity contribution in [1.82, 2.24) is 4.72 Å². The van der Waals surface area contributed by atoms with Gasteiger partial charge in [0.1, 0.15) is 12.0 Å². The van der Waals surface area contributed by atoms with Gasteiger partial charge in [-0.15, -0.1) is 0 Å². The number of anilines is 1. The summed E-state index contributed by atoms with van der Waals surface area (Å²) in [5.41, 5.74) is 1.21. The van der Waals surface area contributed by atoms with Crippen LogP contribution in [0.1, 0.15) is 38.2 Å². The molecule has 1 aliphatic rings. The third-order valence-corrected chi connectivity index (χ3v) is 5.27. The predicted molar refractivity (Wildman–Crippen MR) is 85.2 cm³/mol. The highest BCUT2D eigenvalue weighted by atomic mass is 32.2. The molecule has 0 aromatic heterocycles. The Hall–Kier alpha value is -1.60. The Labute approximate surface area is 131 Å². The first-order valence-electron chi connectivity index (χ1n) is 7.55. The molecular weight excluding hydrogens is 304 g/mol. The number of aldehydes is 1. The summed E-state index contributed by atoms with van der Waals surface area (Å²) in [5, 5.41) is 9.97. The van der Waals surface area contributed by atoms with Gasteiger partial charge in [0.05, 0.1) is 18.3 Å². The fourth-order valence-corrected chi connectivity index (χ4v) is 3.95. The molecule has 1 aliphatic heterocycles. The summed E-state index contributed by atoms with van der Waals surface area (Å²) in [6.07, 6.45) is 5.89. The van der Waals surface area contributed by atoms with Gasteiger partial charge in [0, 0.05) is 0 Å². The molecule has 1 aromatic rings. The lowest BCUT2D eigenvalue weighted by Gasteiger charge is -2.18. The molecule has 22 heavy (non-hydrogen) atoms. The number of aryl methyl sites for hydroxylation is 1. The van der Waals surface area contributed by atoms with E-state index in [-0.39, 0.29) is 18.0 Å². The molecule has 122 valence electrons. The van der Waals surface area contributed by atoms with Gasteiger partial charge in [-0.25, -0.2) is 0 Å². The number of nitrogens with one attached hydrogen (secondary N) is 1. The highest BCUT2D eigenvalue weighted by Crippen LogP contribution is 2.32. The van der Waals surface area contributed by atoms with Gasteiger partial charge in [0.2, 0.25) is 0 Å². The Balaban J connectivity index is 2.18. The van der Waals surface area contributed by atoms with Crippen LogP contribution < -0.4 is 9.03 Å². The molecule has 7 heteroatoms. The van der Waals surface area contributed by atoms with Crippen molar-refractivity contribution in [3.8, 4) is 5.75 Å². The van der Waals surface area contributed by atoms with Crippen LogP contribution in [0.15, 0.2) is 18.2 Å². The smallest absolute Gasteiger partial charge is 0.302 e.